The summed E-state index contributed by atoms with van der Waals surface area (Å²) >= 11 is 6.31. The number of aliphatic imine (C=N–C) groups is 1. The Bertz CT molecular complexity index is 944. The van der Waals surface area contributed by atoms with Crippen LogP contribution in [0.15, 0.2) is 53.5 Å². The summed E-state index contributed by atoms with van der Waals surface area (Å²) in [4.78, 5) is 6.91. The molecule has 0 amide bonds. The highest BCUT2D eigenvalue weighted by molar-refractivity contribution is 6.31. The van der Waals surface area contributed by atoms with Gasteiger partial charge in [-0.2, -0.15) is 0 Å². The molecule has 0 saturated heterocycles. The summed E-state index contributed by atoms with van der Waals surface area (Å²) in [5.41, 5.74) is 4.05. The van der Waals surface area contributed by atoms with E-state index in [-0.39, 0.29) is 0 Å². The average molecular weight is 352 g/mol. The SMILES string of the molecule is CN(C)Cc1nnc2n1-c1cc(Cl)ccc1C(c1ccccc1)=NC2. The molecule has 0 aliphatic carbocycles. The minimum Gasteiger partial charge on any atom is -0.302 e. The van der Waals surface area contributed by atoms with E-state index in [1.807, 2.05) is 50.5 Å². The van der Waals surface area contributed by atoms with Gasteiger partial charge in [0.15, 0.2) is 11.6 Å². The molecule has 4 rings (SSSR count). The molecule has 3 aromatic rings. The van der Waals surface area contributed by atoms with Crippen molar-refractivity contribution in [3.63, 3.8) is 0 Å². The third kappa shape index (κ3) is 2.97. The van der Waals surface area contributed by atoms with Gasteiger partial charge in [0.25, 0.3) is 0 Å². The summed E-state index contributed by atoms with van der Waals surface area (Å²) in [6.45, 7) is 1.18. The van der Waals surface area contributed by atoms with Gasteiger partial charge in [-0.05, 0) is 32.3 Å². The van der Waals surface area contributed by atoms with Gasteiger partial charge in [0, 0.05) is 16.1 Å². The van der Waals surface area contributed by atoms with Gasteiger partial charge in [-0.15, -0.1) is 10.2 Å². The van der Waals surface area contributed by atoms with Crippen molar-refractivity contribution in [3.05, 3.63) is 76.3 Å². The van der Waals surface area contributed by atoms with E-state index >= 15 is 0 Å². The molecule has 126 valence electrons. The van der Waals surface area contributed by atoms with Crippen LogP contribution in [0.1, 0.15) is 22.8 Å². The van der Waals surface area contributed by atoms with Crippen LogP contribution in [0.3, 0.4) is 0 Å². The second kappa shape index (κ2) is 6.43. The van der Waals surface area contributed by atoms with E-state index in [0.717, 1.165) is 34.2 Å². The summed E-state index contributed by atoms with van der Waals surface area (Å²) < 4.78 is 2.08. The highest BCUT2D eigenvalue weighted by Crippen LogP contribution is 2.28. The molecule has 2 heterocycles. The first-order valence-electron chi connectivity index (χ1n) is 8.11. The lowest BCUT2D eigenvalue weighted by molar-refractivity contribution is 0.387. The second-order valence-electron chi connectivity index (χ2n) is 6.30. The fourth-order valence-electron chi connectivity index (χ4n) is 3.09. The molecule has 0 unspecified atom stereocenters. The highest BCUT2D eigenvalue weighted by Gasteiger charge is 2.23. The van der Waals surface area contributed by atoms with E-state index < -0.39 is 0 Å². The van der Waals surface area contributed by atoms with Crippen molar-refractivity contribution in [2.24, 2.45) is 4.99 Å². The first-order valence-corrected chi connectivity index (χ1v) is 8.49. The monoisotopic (exact) mass is 351 g/mol. The van der Waals surface area contributed by atoms with Crippen LogP contribution in [-0.2, 0) is 13.1 Å². The summed E-state index contributed by atoms with van der Waals surface area (Å²) in [5, 5.41) is 9.41. The zero-order valence-corrected chi connectivity index (χ0v) is 14.9. The normalized spacial score (nSPS) is 13.2. The zero-order chi connectivity index (χ0) is 17.4. The van der Waals surface area contributed by atoms with Crippen molar-refractivity contribution < 1.29 is 0 Å². The lowest BCUT2D eigenvalue weighted by Gasteiger charge is -2.15. The van der Waals surface area contributed by atoms with Crippen LogP contribution in [0.4, 0.5) is 0 Å². The number of fused-ring (bicyclic) bond motifs is 3. The van der Waals surface area contributed by atoms with Gasteiger partial charge in [0.05, 0.1) is 17.9 Å². The zero-order valence-electron chi connectivity index (χ0n) is 14.1. The smallest absolute Gasteiger partial charge is 0.159 e. The van der Waals surface area contributed by atoms with E-state index in [1.54, 1.807) is 0 Å². The molecule has 0 radical (unpaired) electrons. The lowest BCUT2D eigenvalue weighted by Crippen LogP contribution is -2.16. The number of halogens is 1. The lowest BCUT2D eigenvalue weighted by atomic mass is 10.0. The highest BCUT2D eigenvalue weighted by atomic mass is 35.5. The van der Waals surface area contributed by atoms with Crippen molar-refractivity contribution in [2.45, 2.75) is 13.1 Å². The van der Waals surface area contributed by atoms with Crippen molar-refractivity contribution >= 4 is 17.3 Å². The quantitative estimate of drug-likeness (QED) is 0.727. The number of nitrogens with zero attached hydrogens (tertiary/aromatic N) is 5. The van der Waals surface area contributed by atoms with Crippen molar-refractivity contribution in [1.82, 2.24) is 19.7 Å². The maximum Gasteiger partial charge on any atom is 0.159 e. The molecule has 1 aromatic heterocycles. The molecule has 0 bridgehead atoms. The Labute approximate surface area is 151 Å². The fraction of sp³-hybridized carbons (Fsp3) is 0.211. The third-order valence-corrected chi connectivity index (χ3v) is 4.37. The maximum absolute atomic E-state index is 6.31. The van der Waals surface area contributed by atoms with Gasteiger partial charge in [0.2, 0.25) is 0 Å². The molecular formula is C19H18ClN5. The van der Waals surface area contributed by atoms with Crippen molar-refractivity contribution in [2.75, 3.05) is 14.1 Å². The fourth-order valence-corrected chi connectivity index (χ4v) is 3.25. The van der Waals surface area contributed by atoms with Gasteiger partial charge < -0.3 is 4.90 Å². The molecule has 1 aliphatic rings. The van der Waals surface area contributed by atoms with Crippen molar-refractivity contribution in [3.8, 4) is 5.69 Å². The van der Waals surface area contributed by atoms with Crippen LogP contribution in [0.5, 0.6) is 0 Å². The van der Waals surface area contributed by atoms with Gasteiger partial charge in [-0.3, -0.25) is 9.56 Å². The van der Waals surface area contributed by atoms with Crippen LogP contribution in [0, 0.1) is 0 Å². The Kier molecular flexibility index (Phi) is 4.11. The number of hydrogen-bond donors (Lipinski definition) is 0. The molecule has 5 nitrogen and oxygen atoms in total. The van der Waals surface area contributed by atoms with E-state index in [4.69, 9.17) is 16.6 Å². The predicted molar refractivity (Wildman–Crippen MR) is 99.5 cm³/mol. The Hall–Kier alpha value is -2.50. The predicted octanol–water partition coefficient (Wildman–Crippen LogP) is 3.33. The third-order valence-electron chi connectivity index (χ3n) is 4.14. The standard InChI is InChI=1S/C19H18ClN5/c1-24(2)12-18-23-22-17-11-21-19(13-6-4-3-5-7-13)15-9-8-14(20)10-16(15)25(17)18/h3-10H,11-12H2,1-2H3. The van der Waals surface area contributed by atoms with Gasteiger partial charge in [-0.25, -0.2) is 0 Å². The first-order chi connectivity index (χ1) is 12.1. The summed E-state index contributed by atoms with van der Waals surface area (Å²) in [7, 11) is 4.03. The van der Waals surface area contributed by atoms with Crippen molar-refractivity contribution in [1.29, 1.82) is 0 Å². The number of benzene rings is 2. The minimum atomic E-state index is 0.483. The number of aromatic nitrogens is 3. The molecule has 0 fully saturated rings. The minimum absolute atomic E-state index is 0.483. The molecule has 0 N–H and O–H groups in total. The number of hydrogen-bond acceptors (Lipinski definition) is 4. The first kappa shape index (κ1) is 16.0. The van der Waals surface area contributed by atoms with Crippen LogP contribution in [-0.4, -0.2) is 39.5 Å². The number of rotatable bonds is 3. The molecule has 1 aliphatic heterocycles. The average Bonchev–Trinajstić information content (AvgIpc) is 2.91. The Morgan fingerprint density at radius 3 is 2.64 bits per heavy atom. The summed E-state index contributed by atoms with van der Waals surface area (Å²) in [5.74, 6) is 1.71. The van der Waals surface area contributed by atoms with E-state index in [9.17, 15) is 0 Å². The van der Waals surface area contributed by atoms with Crippen LogP contribution in [0.2, 0.25) is 5.02 Å². The summed E-state index contributed by atoms with van der Waals surface area (Å²) in [6, 6.07) is 16.1. The molecule has 0 atom stereocenters. The maximum atomic E-state index is 6.31. The topological polar surface area (TPSA) is 46.3 Å². The second-order valence-corrected chi connectivity index (χ2v) is 6.73. The molecule has 0 spiro atoms. The molecule has 2 aromatic carbocycles. The molecular weight excluding hydrogens is 334 g/mol. The van der Waals surface area contributed by atoms with Crippen LogP contribution in [0.25, 0.3) is 5.69 Å². The van der Waals surface area contributed by atoms with Crippen LogP contribution < -0.4 is 0 Å². The summed E-state index contributed by atoms with van der Waals surface area (Å²) in [6.07, 6.45) is 0. The van der Waals surface area contributed by atoms with E-state index in [0.29, 0.717) is 18.1 Å². The Morgan fingerprint density at radius 2 is 1.88 bits per heavy atom. The molecule has 6 heteroatoms. The van der Waals surface area contributed by atoms with Gasteiger partial charge >= 0.3 is 0 Å². The largest absolute Gasteiger partial charge is 0.302 e. The molecule has 0 saturated carbocycles. The molecule has 25 heavy (non-hydrogen) atoms. The van der Waals surface area contributed by atoms with Crippen LogP contribution >= 0.6 is 11.6 Å². The van der Waals surface area contributed by atoms with E-state index in [1.165, 1.54) is 0 Å². The van der Waals surface area contributed by atoms with E-state index in [2.05, 4.69) is 31.8 Å². The van der Waals surface area contributed by atoms with Gasteiger partial charge in [0.1, 0.15) is 6.54 Å². The Balaban J connectivity index is 1.94. The Morgan fingerprint density at radius 1 is 1.08 bits per heavy atom. The van der Waals surface area contributed by atoms with Gasteiger partial charge in [-0.1, -0.05) is 41.9 Å².